The van der Waals surface area contributed by atoms with Crippen LogP contribution in [0.2, 0.25) is 0 Å². The molecule has 0 unspecified atom stereocenters. The summed E-state index contributed by atoms with van der Waals surface area (Å²) >= 11 is 0. The van der Waals surface area contributed by atoms with Gasteiger partial charge in [-0.3, -0.25) is 9.59 Å². The van der Waals surface area contributed by atoms with E-state index in [-0.39, 0.29) is 53.4 Å². The molecule has 15 aromatic carbocycles. The summed E-state index contributed by atoms with van der Waals surface area (Å²) in [4.78, 5) is 27.9. The molecule has 0 atom stereocenters. The van der Waals surface area contributed by atoms with Crippen LogP contribution in [0.15, 0.2) is 344 Å². The van der Waals surface area contributed by atoms with Crippen LogP contribution in [0.3, 0.4) is 0 Å². The molecule has 0 amide bonds. The van der Waals surface area contributed by atoms with Crippen LogP contribution < -0.4 is 0 Å². The van der Waals surface area contributed by atoms with Gasteiger partial charge in [0.25, 0.3) is 0 Å². The van der Waals surface area contributed by atoms with Crippen molar-refractivity contribution in [3.05, 3.63) is 338 Å². The summed E-state index contributed by atoms with van der Waals surface area (Å²) in [5.74, 6) is -0.682. The van der Waals surface area contributed by atoms with Crippen LogP contribution in [-0.2, 0) is 19.7 Å². The molecule has 0 N–H and O–H groups in total. The molecule has 0 bridgehead atoms. The second-order valence-corrected chi connectivity index (χ2v) is 30.7. The fraction of sp³-hybridized carbons (Fsp3) is 0. The Labute approximate surface area is 594 Å². The predicted molar refractivity (Wildman–Crippen MR) is 413 cm³/mol. The molecule has 0 radical (unpaired) electrons. The van der Waals surface area contributed by atoms with Crippen LogP contribution in [0.25, 0.3) is 166 Å². The van der Waals surface area contributed by atoms with Crippen molar-refractivity contribution in [1.82, 2.24) is 9.13 Å². The second-order valence-electron chi connectivity index (χ2n) is 26.9. The number of hydrogen-bond acceptors (Lipinski definition) is 8. The van der Waals surface area contributed by atoms with Crippen molar-refractivity contribution < 1.29 is 35.3 Å². The Hall–Kier alpha value is -13.3. The topological polar surface area (TPSA) is 139 Å². The molecule has 0 spiro atoms. The molecule has 10 nitrogen and oxygen atoms in total. The Morgan fingerprint density at radius 3 is 1.00 bits per heavy atom. The van der Waals surface area contributed by atoms with Gasteiger partial charge < -0.3 is 18.0 Å². The Morgan fingerprint density at radius 1 is 0.212 bits per heavy atom. The molecule has 4 aromatic heterocycles. The zero-order valence-electron chi connectivity index (χ0n) is 55.0. The number of carbonyl (C=O) groups excluding carboxylic acids is 2. The summed E-state index contributed by atoms with van der Waals surface area (Å²) in [6.45, 7) is 0. The van der Waals surface area contributed by atoms with Gasteiger partial charge in [0, 0.05) is 88.9 Å². The van der Waals surface area contributed by atoms with Gasteiger partial charge in [0.15, 0.2) is 11.6 Å². The van der Waals surface area contributed by atoms with Gasteiger partial charge in [0.1, 0.15) is 22.3 Å². The number of aromatic nitrogens is 2. The summed E-state index contributed by atoms with van der Waals surface area (Å²) in [6, 6.07) is 103. The summed E-state index contributed by atoms with van der Waals surface area (Å²) < 4.78 is 75.5. The van der Waals surface area contributed by atoms with Crippen molar-refractivity contribution >= 4 is 119 Å². The first-order valence-corrected chi connectivity index (χ1v) is 37.2. The SMILES string of the molecule is O=C1c2ccccc2S(=O)(=O)c2cc(-c3cccc(-c4cc(-c5ccc(-n6c7ccccc7c7cc8c(cc76)oc6ccccc68)cc5)c(-c5cccc(-c6ccc7c(c6)S(=O)(=O)c6ccccc6C7=O)c5)cc4-c4ccc(-n5c6ccccc6c6cc7c(cc65)oc5ccccc57)cc4)c3)ccc21. The molecule has 490 valence electrons. The summed E-state index contributed by atoms with van der Waals surface area (Å²) in [6.07, 6.45) is 0. The fourth-order valence-corrected chi connectivity index (χ4v) is 19.7. The number of ketones is 2. The Balaban J connectivity index is 0.775. The highest BCUT2D eigenvalue weighted by molar-refractivity contribution is 7.92. The maximum atomic E-state index is 14.5. The van der Waals surface area contributed by atoms with Gasteiger partial charge in [0.05, 0.1) is 41.6 Å². The van der Waals surface area contributed by atoms with Crippen LogP contribution in [-0.4, -0.2) is 37.5 Å². The number of nitrogens with zero attached hydrogens (tertiary/aromatic N) is 2. The van der Waals surface area contributed by atoms with Crippen LogP contribution in [0.4, 0.5) is 0 Å². The van der Waals surface area contributed by atoms with Crippen molar-refractivity contribution in [1.29, 1.82) is 0 Å². The number of hydrogen-bond donors (Lipinski definition) is 0. The minimum absolute atomic E-state index is 0.00987. The van der Waals surface area contributed by atoms with E-state index in [1.165, 1.54) is 12.1 Å². The van der Waals surface area contributed by atoms with E-state index in [9.17, 15) is 26.4 Å². The zero-order chi connectivity index (χ0) is 69.4. The zero-order valence-corrected chi connectivity index (χ0v) is 56.6. The Kier molecular flexibility index (Phi) is 12.7. The average Bonchev–Trinajstić information content (AvgIpc) is 1.17. The third kappa shape index (κ3) is 8.79. The highest BCUT2D eigenvalue weighted by Gasteiger charge is 2.37. The molecular formula is C92H52N2O8S2. The smallest absolute Gasteiger partial charge is 0.208 e. The minimum Gasteiger partial charge on any atom is -0.456 e. The molecule has 19 aromatic rings. The van der Waals surface area contributed by atoms with E-state index in [1.54, 1.807) is 60.7 Å². The molecular weight excluding hydrogens is 1330 g/mol. The van der Waals surface area contributed by atoms with Gasteiger partial charge in [-0.25, -0.2) is 16.8 Å². The maximum absolute atomic E-state index is 14.5. The van der Waals surface area contributed by atoms with Crippen molar-refractivity contribution in [3.63, 3.8) is 0 Å². The fourth-order valence-electron chi connectivity index (χ4n) is 16.3. The van der Waals surface area contributed by atoms with Crippen LogP contribution in [0.1, 0.15) is 31.8 Å². The Morgan fingerprint density at radius 2 is 0.558 bits per heavy atom. The van der Waals surface area contributed by atoms with Crippen LogP contribution >= 0.6 is 0 Å². The third-order valence-electron chi connectivity index (χ3n) is 21.3. The van der Waals surface area contributed by atoms with E-state index in [2.05, 4.69) is 179 Å². The quantitative estimate of drug-likeness (QED) is 0.147. The van der Waals surface area contributed by atoms with Gasteiger partial charge in [-0.15, -0.1) is 0 Å². The first-order chi connectivity index (χ1) is 50.9. The molecule has 21 rings (SSSR count). The lowest BCUT2D eigenvalue weighted by Gasteiger charge is -2.21. The van der Waals surface area contributed by atoms with Crippen LogP contribution in [0.5, 0.6) is 0 Å². The molecule has 6 heterocycles. The Bertz CT molecular complexity index is 6860. The predicted octanol–water partition coefficient (Wildman–Crippen LogP) is 22.4. The van der Waals surface area contributed by atoms with E-state index in [0.717, 1.165) is 154 Å². The summed E-state index contributed by atoms with van der Waals surface area (Å²) in [5.41, 5.74) is 19.5. The lowest BCUT2D eigenvalue weighted by molar-refractivity contribution is 0.102. The molecule has 12 heteroatoms. The number of para-hydroxylation sites is 4. The highest BCUT2D eigenvalue weighted by Crippen LogP contribution is 2.48. The van der Waals surface area contributed by atoms with E-state index in [0.29, 0.717) is 11.1 Å². The van der Waals surface area contributed by atoms with Gasteiger partial charge >= 0.3 is 0 Å². The molecule has 2 aliphatic heterocycles. The number of sulfone groups is 2. The number of furan rings is 2. The third-order valence-corrected chi connectivity index (χ3v) is 25.0. The number of carbonyl (C=O) groups is 2. The standard InChI is InChI=1S/C92H52N2O8S2/c95-91-67-23-5-11-29-87(67)103(97,98)89-45-57(35-41-69(89)91)55-15-13-17-59(43-55)73-48-72(54-33-39-62(40-34-54)94-80-26-8-2-20-64(80)76-50-78-66-22-4-10-28-84(66)102-86(78)52-82(76)94)74(60-18-14-16-56(44-60)58-36-42-70-90(46-58)104(99,100)88-30-12-6-24-68(88)92(70)96)47-71(73)53-31-37-61(38-32-53)93-79-25-7-1-19-63(79)75-49-77-65-21-3-9-27-83(65)101-85(77)51-81(75)93/h1-52H. The van der Waals surface area contributed by atoms with E-state index < -0.39 is 19.7 Å². The van der Waals surface area contributed by atoms with Crippen LogP contribution in [0, 0.1) is 0 Å². The van der Waals surface area contributed by atoms with Crippen molar-refractivity contribution in [3.8, 4) is 78.1 Å². The molecule has 2 aliphatic rings. The first kappa shape index (κ1) is 59.6. The van der Waals surface area contributed by atoms with Crippen molar-refractivity contribution in [2.45, 2.75) is 19.6 Å². The molecule has 0 fully saturated rings. The lowest BCUT2D eigenvalue weighted by Crippen LogP contribution is -2.20. The highest BCUT2D eigenvalue weighted by atomic mass is 32.2. The summed E-state index contributed by atoms with van der Waals surface area (Å²) in [7, 11) is -8.13. The molecule has 0 saturated carbocycles. The van der Waals surface area contributed by atoms with Gasteiger partial charge in [-0.1, -0.05) is 170 Å². The number of benzene rings is 15. The first-order valence-electron chi connectivity index (χ1n) is 34.2. The van der Waals surface area contributed by atoms with E-state index >= 15 is 0 Å². The largest absolute Gasteiger partial charge is 0.456 e. The second kappa shape index (κ2) is 22.1. The lowest BCUT2D eigenvalue weighted by atomic mass is 9.84. The molecule has 0 aliphatic carbocycles. The number of rotatable bonds is 8. The molecule has 0 saturated heterocycles. The van der Waals surface area contributed by atoms with Crippen molar-refractivity contribution in [2.24, 2.45) is 0 Å². The van der Waals surface area contributed by atoms with E-state index in [4.69, 9.17) is 8.83 Å². The summed E-state index contributed by atoms with van der Waals surface area (Å²) in [5, 5.41) is 8.64. The monoisotopic (exact) mass is 1380 g/mol. The normalized spacial score (nSPS) is 13.7. The van der Waals surface area contributed by atoms with E-state index in [1.807, 2.05) is 72.8 Å². The number of fused-ring (bicyclic) bond motifs is 16. The minimum atomic E-state index is -4.07. The van der Waals surface area contributed by atoms with Gasteiger partial charge in [-0.05, 0) is 200 Å². The average molecular weight is 1380 g/mol. The van der Waals surface area contributed by atoms with Gasteiger partial charge in [0.2, 0.25) is 19.7 Å². The van der Waals surface area contributed by atoms with Crippen molar-refractivity contribution in [2.75, 3.05) is 0 Å². The molecule has 104 heavy (non-hydrogen) atoms. The maximum Gasteiger partial charge on any atom is 0.208 e. The van der Waals surface area contributed by atoms with Gasteiger partial charge in [-0.2, -0.15) is 0 Å².